The fourth-order valence-corrected chi connectivity index (χ4v) is 2.54. The van der Waals surface area contributed by atoms with Gasteiger partial charge < -0.3 is 4.90 Å². The molecule has 0 N–H and O–H groups in total. The quantitative estimate of drug-likeness (QED) is 0.798. The normalized spacial score (nSPS) is 17.3. The second-order valence-electron chi connectivity index (χ2n) is 4.59. The van der Waals surface area contributed by atoms with Crippen molar-refractivity contribution in [1.29, 1.82) is 5.26 Å². The van der Waals surface area contributed by atoms with Crippen molar-refractivity contribution in [3.05, 3.63) is 65.7 Å². The highest BCUT2D eigenvalue weighted by Crippen LogP contribution is 2.32. The molecule has 2 nitrogen and oxygen atoms in total. The zero-order chi connectivity index (χ0) is 12.4. The third-order valence-electron chi connectivity index (χ3n) is 3.44. The van der Waals surface area contributed by atoms with E-state index in [0.29, 0.717) is 0 Å². The average molecular weight is 234 g/mol. The topological polar surface area (TPSA) is 27.0 Å². The molecule has 0 amide bonds. The average Bonchev–Trinajstić information content (AvgIpc) is 2.78. The first-order valence-corrected chi connectivity index (χ1v) is 6.16. The van der Waals surface area contributed by atoms with Gasteiger partial charge in [-0.15, -0.1) is 0 Å². The summed E-state index contributed by atoms with van der Waals surface area (Å²) >= 11 is 0. The Kier molecular flexibility index (Phi) is 2.74. The predicted molar refractivity (Wildman–Crippen MR) is 72.2 cm³/mol. The Bertz CT molecular complexity index is 584. The number of anilines is 1. The summed E-state index contributed by atoms with van der Waals surface area (Å²) in [5.41, 5.74) is 3.72. The van der Waals surface area contributed by atoms with Crippen LogP contribution in [0.5, 0.6) is 0 Å². The van der Waals surface area contributed by atoms with E-state index in [0.717, 1.165) is 13.0 Å². The lowest BCUT2D eigenvalue weighted by Gasteiger charge is -2.23. The Morgan fingerprint density at radius 2 is 1.78 bits per heavy atom. The summed E-state index contributed by atoms with van der Waals surface area (Å²) in [6.45, 7) is 0.802. The van der Waals surface area contributed by atoms with Crippen molar-refractivity contribution < 1.29 is 0 Å². The first-order chi connectivity index (χ1) is 8.88. The van der Waals surface area contributed by atoms with Crippen LogP contribution in [0.3, 0.4) is 0 Å². The maximum absolute atomic E-state index is 9.29. The monoisotopic (exact) mass is 234 g/mol. The van der Waals surface area contributed by atoms with Crippen LogP contribution in [0.15, 0.2) is 54.6 Å². The molecule has 2 aromatic carbocycles. The molecule has 0 spiro atoms. The smallest absolute Gasteiger partial charge is 0.121 e. The van der Waals surface area contributed by atoms with Gasteiger partial charge in [0.1, 0.15) is 6.04 Å². The van der Waals surface area contributed by atoms with Crippen LogP contribution < -0.4 is 4.90 Å². The minimum atomic E-state index is -0.0393. The Morgan fingerprint density at radius 3 is 2.56 bits per heavy atom. The molecular formula is C16H14N2. The highest BCUT2D eigenvalue weighted by Gasteiger charge is 2.28. The van der Waals surface area contributed by atoms with Crippen LogP contribution in [0.25, 0.3) is 0 Å². The molecule has 1 atom stereocenters. The summed E-state index contributed by atoms with van der Waals surface area (Å²) in [4.78, 5) is 2.20. The Morgan fingerprint density at radius 1 is 1.06 bits per heavy atom. The molecule has 0 aliphatic carbocycles. The van der Waals surface area contributed by atoms with E-state index in [-0.39, 0.29) is 6.04 Å². The van der Waals surface area contributed by atoms with Gasteiger partial charge in [-0.2, -0.15) is 5.26 Å². The lowest BCUT2D eigenvalue weighted by molar-refractivity contribution is 0.736. The molecule has 1 aliphatic heterocycles. The number of hydrogen-bond acceptors (Lipinski definition) is 2. The SMILES string of the molecule is N#CC1Cc2ccccc2N1Cc1ccccc1. The first-order valence-electron chi connectivity index (χ1n) is 6.16. The van der Waals surface area contributed by atoms with Crippen molar-refractivity contribution >= 4 is 5.69 Å². The van der Waals surface area contributed by atoms with Crippen LogP contribution in [0.4, 0.5) is 5.69 Å². The van der Waals surface area contributed by atoms with Gasteiger partial charge in [-0.25, -0.2) is 0 Å². The van der Waals surface area contributed by atoms with Gasteiger partial charge in [-0.3, -0.25) is 0 Å². The summed E-state index contributed by atoms with van der Waals surface area (Å²) in [7, 11) is 0. The van der Waals surface area contributed by atoms with Crippen molar-refractivity contribution in [2.24, 2.45) is 0 Å². The minimum absolute atomic E-state index is 0.0393. The Labute approximate surface area is 107 Å². The van der Waals surface area contributed by atoms with E-state index in [4.69, 9.17) is 0 Å². The molecule has 0 fully saturated rings. The molecule has 1 heterocycles. The summed E-state index contributed by atoms with van der Waals surface area (Å²) < 4.78 is 0. The minimum Gasteiger partial charge on any atom is -0.351 e. The molecule has 0 saturated heterocycles. The number of rotatable bonds is 2. The number of hydrogen-bond donors (Lipinski definition) is 0. The second kappa shape index (κ2) is 4.54. The van der Waals surface area contributed by atoms with E-state index in [1.165, 1.54) is 16.8 Å². The van der Waals surface area contributed by atoms with Gasteiger partial charge in [-0.1, -0.05) is 48.5 Å². The van der Waals surface area contributed by atoms with E-state index < -0.39 is 0 Å². The Hall–Kier alpha value is -2.27. The lowest BCUT2D eigenvalue weighted by Crippen LogP contribution is -2.29. The van der Waals surface area contributed by atoms with Crippen molar-refractivity contribution in [2.45, 2.75) is 19.0 Å². The highest BCUT2D eigenvalue weighted by molar-refractivity contribution is 5.61. The molecule has 1 unspecified atom stereocenters. The molecule has 0 bridgehead atoms. The van der Waals surface area contributed by atoms with Gasteiger partial charge in [0.2, 0.25) is 0 Å². The third-order valence-corrected chi connectivity index (χ3v) is 3.44. The molecule has 0 aromatic heterocycles. The van der Waals surface area contributed by atoms with Crippen molar-refractivity contribution in [1.82, 2.24) is 0 Å². The summed E-state index contributed by atoms with van der Waals surface area (Å²) in [6.07, 6.45) is 0.833. The third kappa shape index (κ3) is 1.84. The largest absolute Gasteiger partial charge is 0.351 e. The molecule has 18 heavy (non-hydrogen) atoms. The number of fused-ring (bicyclic) bond motifs is 1. The number of benzene rings is 2. The van der Waals surface area contributed by atoms with E-state index in [1.807, 2.05) is 30.3 Å². The summed E-state index contributed by atoms with van der Waals surface area (Å²) in [5.74, 6) is 0. The van der Waals surface area contributed by atoms with Gasteiger partial charge in [0.05, 0.1) is 6.07 Å². The predicted octanol–water partition coefficient (Wildman–Crippen LogP) is 3.14. The standard InChI is InChI=1S/C16H14N2/c17-11-15-10-14-8-4-5-9-16(14)18(15)12-13-6-2-1-3-7-13/h1-9,15H,10,12H2. The maximum Gasteiger partial charge on any atom is 0.121 e. The molecule has 3 rings (SSSR count). The van der Waals surface area contributed by atoms with E-state index in [2.05, 4.69) is 35.2 Å². The molecule has 0 saturated carbocycles. The Balaban J connectivity index is 1.93. The fourth-order valence-electron chi connectivity index (χ4n) is 2.54. The number of nitrogens with zero attached hydrogens (tertiary/aromatic N) is 2. The van der Waals surface area contributed by atoms with Crippen LogP contribution in [0.1, 0.15) is 11.1 Å². The van der Waals surface area contributed by atoms with Gasteiger partial charge >= 0.3 is 0 Å². The fraction of sp³-hybridized carbons (Fsp3) is 0.188. The van der Waals surface area contributed by atoms with Crippen molar-refractivity contribution in [3.63, 3.8) is 0 Å². The van der Waals surface area contributed by atoms with Gasteiger partial charge in [0.25, 0.3) is 0 Å². The van der Waals surface area contributed by atoms with Crippen LogP contribution in [0, 0.1) is 11.3 Å². The molecule has 0 radical (unpaired) electrons. The molecule has 2 aromatic rings. The number of nitriles is 1. The van der Waals surface area contributed by atoms with E-state index in [9.17, 15) is 5.26 Å². The highest BCUT2D eigenvalue weighted by atomic mass is 15.2. The van der Waals surface area contributed by atoms with Crippen molar-refractivity contribution in [3.8, 4) is 6.07 Å². The second-order valence-corrected chi connectivity index (χ2v) is 4.59. The van der Waals surface area contributed by atoms with Gasteiger partial charge in [0, 0.05) is 18.7 Å². The molecular weight excluding hydrogens is 220 g/mol. The molecule has 88 valence electrons. The van der Waals surface area contributed by atoms with E-state index >= 15 is 0 Å². The van der Waals surface area contributed by atoms with Crippen LogP contribution in [0.2, 0.25) is 0 Å². The molecule has 2 heteroatoms. The van der Waals surface area contributed by atoms with Crippen LogP contribution in [-0.2, 0) is 13.0 Å². The summed E-state index contributed by atoms with van der Waals surface area (Å²) in [5, 5.41) is 9.29. The van der Waals surface area contributed by atoms with Crippen LogP contribution >= 0.6 is 0 Å². The van der Waals surface area contributed by atoms with Crippen molar-refractivity contribution in [2.75, 3.05) is 4.90 Å². The number of para-hydroxylation sites is 1. The van der Waals surface area contributed by atoms with E-state index in [1.54, 1.807) is 0 Å². The van der Waals surface area contributed by atoms with Crippen LogP contribution in [-0.4, -0.2) is 6.04 Å². The first kappa shape index (κ1) is 10.9. The van der Waals surface area contributed by atoms with Gasteiger partial charge in [-0.05, 0) is 17.2 Å². The van der Waals surface area contributed by atoms with Gasteiger partial charge in [0.15, 0.2) is 0 Å². The summed E-state index contributed by atoms with van der Waals surface area (Å²) in [6, 6.07) is 21.0. The lowest BCUT2D eigenvalue weighted by atomic mass is 10.1. The zero-order valence-electron chi connectivity index (χ0n) is 10.1. The zero-order valence-corrected chi connectivity index (χ0v) is 10.1. The maximum atomic E-state index is 9.29. The molecule has 1 aliphatic rings.